The SMILES string of the molecule is CCOC(=O)C(C(=O)N1CCCC(CO)C1)C(C)(C)C. The van der Waals surface area contributed by atoms with E-state index in [0.717, 1.165) is 12.8 Å². The third-order valence-electron chi connectivity index (χ3n) is 3.72. The van der Waals surface area contributed by atoms with E-state index in [4.69, 9.17) is 4.74 Å². The van der Waals surface area contributed by atoms with Gasteiger partial charge in [0.05, 0.1) is 6.61 Å². The summed E-state index contributed by atoms with van der Waals surface area (Å²) in [6.45, 7) is 8.91. The second kappa shape index (κ2) is 7.07. The van der Waals surface area contributed by atoms with E-state index in [0.29, 0.717) is 13.1 Å². The number of amides is 1. The highest BCUT2D eigenvalue weighted by Crippen LogP contribution is 2.30. The van der Waals surface area contributed by atoms with E-state index in [1.54, 1.807) is 11.8 Å². The van der Waals surface area contributed by atoms with Crippen LogP contribution in [-0.4, -0.2) is 48.2 Å². The number of piperidine rings is 1. The van der Waals surface area contributed by atoms with Crippen LogP contribution >= 0.6 is 0 Å². The molecule has 0 aliphatic carbocycles. The lowest BCUT2D eigenvalue weighted by Crippen LogP contribution is -2.49. The summed E-state index contributed by atoms with van der Waals surface area (Å²) in [5.74, 6) is -1.28. The smallest absolute Gasteiger partial charge is 0.319 e. The molecule has 0 radical (unpaired) electrons. The van der Waals surface area contributed by atoms with Gasteiger partial charge in [-0.05, 0) is 31.1 Å². The highest BCUT2D eigenvalue weighted by atomic mass is 16.5. The first-order valence-corrected chi connectivity index (χ1v) is 7.37. The second-order valence-electron chi connectivity index (χ2n) is 6.53. The van der Waals surface area contributed by atoms with E-state index >= 15 is 0 Å². The molecule has 116 valence electrons. The van der Waals surface area contributed by atoms with Crippen molar-refractivity contribution >= 4 is 11.9 Å². The van der Waals surface area contributed by atoms with E-state index in [2.05, 4.69) is 0 Å². The first-order valence-electron chi connectivity index (χ1n) is 7.37. The van der Waals surface area contributed by atoms with Gasteiger partial charge < -0.3 is 14.7 Å². The highest BCUT2D eigenvalue weighted by molar-refractivity contribution is 5.98. The van der Waals surface area contributed by atoms with Crippen LogP contribution in [0.1, 0.15) is 40.5 Å². The average molecular weight is 285 g/mol. The molecule has 0 aromatic carbocycles. The first kappa shape index (κ1) is 17.0. The van der Waals surface area contributed by atoms with Crippen molar-refractivity contribution in [2.75, 3.05) is 26.3 Å². The van der Waals surface area contributed by atoms with Crippen molar-refractivity contribution in [3.63, 3.8) is 0 Å². The zero-order valence-electron chi connectivity index (χ0n) is 13.0. The maximum Gasteiger partial charge on any atom is 0.319 e. The van der Waals surface area contributed by atoms with Crippen LogP contribution in [0.15, 0.2) is 0 Å². The molecule has 1 amide bonds. The van der Waals surface area contributed by atoms with Gasteiger partial charge in [0, 0.05) is 19.7 Å². The van der Waals surface area contributed by atoms with Gasteiger partial charge in [0.15, 0.2) is 0 Å². The minimum absolute atomic E-state index is 0.0867. The summed E-state index contributed by atoms with van der Waals surface area (Å²) in [4.78, 5) is 26.5. The van der Waals surface area contributed by atoms with Crippen LogP contribution in [-0.2, 0) is 14.3 Å². The van der Waals surface area contributed by atoms with Crippen molar-refractivity contribution < 1.29 is 19.4 Å². The van der Waals surface area contributed by atoms with Crippen LogP contribution < -0.4 is 0 Å². The quantitative estimate of drug-likeness (QED) is 0.627. The Morgan fingerprint density at radius 2 is 2.05 bits per heavy atom. The van der Waals surface area contributed by atoms with Crippen LogP contribution in [0.3, 0.4) is 0 Å². The largest absolute Gasteiger partial charge is 0.465 e. The Bertz CT molecular complexity index is 348. The average Bonchev–Trinajstić information content (AvgIpc) is 2.37. The third kappa shape index (κ3) is 4.20. The minimum Gasteiger partial charge on any atom is -0.465 e. The Kier molecular flexibility index (Phi) is 5.99. The number of carbonyl (C=O) groups is 2. The lowest BCUT2D eigenvalue weighted by molar-refractivity contribution is -0.161. The van der Waals surface area contributed by atoms with Gasteiger partial charge in [-0.3, -0.25) is 9.59 Å². The monoisotopic (exact) mass is 285 g/mol. The van der Waals surface area contributed by atoms with Gasteiger partial charge in [0.2, 0.25) is 5.91 Å². The Balaban J connectivity index is 2.85. The van der Waals surface area contributed by atoms with Crippen molar-refractivity contribution in [2.45, 2.75) is 40.5 Å². The molecule has 2 unspecified atom stereocenters. The summed E-state index contributed by atoms with van der Waals surface area (Å²) in [6.07, 6.45) is 1.80. The number of rotatable bonds is 4. The second-order valence-corrected chi connectivity index (χ2v) is 6.53. The zero-order valence-corrected chi connectivity index (χ0v) is 13.0. The molecule has 0 aromatic rings. The number of aliphatic hydroxyl groups is 1. The van der Waals surface area contributed by atoms with E-state index in [1.165, 1.54) is 0 Å². The van der Waals surface area contributed by atoms with Crippen LogP contribution in [0.4, 0.5) is 0 Å². The van der Waals surface area contributed by atoms with Crippen molar-refractivity contribution in [2.24, 2.45) is 17.3 Å². The Morgan fingerprint density at radius 3 is 2.55 bits per heavy atom. The molecule has 0 bridgehead atoms. The molecule has 1 N–H and O–H groups in total. The Labute approximate surface area is 121 Å². The van der Waals surface area contributed by atoms with Crippen molar-refractivity contribution in [1.29, 1.82) is 0 Å². The van der Waals surface area contributed by atoms with Crippen LogP contribution in [0.5, 0.6) is 0 Å². The van der Waals surface area contributed by atoms with Crippen molar-refractivity contribution in [3.05, 3.63) is 0 Å². The summed E-state index contributed by atoms with van der Waals surface area (Å²) < 4.78 is 5.06. The molecular formula is C15H27NO4. The number of nitrogens with zero attached hydrogens (tertiary/aromatic N) is 1. The molecule has 0 saturated carbocycles. The van der Waals surface area contributed by atoms with Gasteiger partial charge in [-0.2, -0.15) is 0 Å². The molecule has 1 rings (SSSR count). The van der Waals surface area contributed by atoms with E-state index in [1.807, 2.05) is 20.8 Å². The molecule has 2 atom stereocenters. The molecule has 1 aliphatic heterocycles. The Hall–Kier alpha value is -1.10. The third-order valence-corrected chi connectivity index (χ3v) is 3.72. The fraction of sp³-hybridized carbons (Fsp3) is 0.867. The molecule has 0 aromatic heterocycles. The number of carbonyl (C=O) groups excluding carboxylic acids is 2. The van der Waals surface area contributed by atoms with Crippen molar-refractivity contribution in [3.8, 4) is 0 Å². The van der Waals surface area contributed by atoms with Gasteiger partial charge in [-0.1, -0.05) is 20.8 Å². The first-order chi connectivity index (χ1) is 9.31. The number of aliphatic hydroxyl groups excluding tert-OH is 1. The number of likely N-dealkylation sites (tertiary alicyclic amines) is 1. The van der Waals surface area contributed by atoms with E-state index in [9.17, 15) is 14.7 Å². The predicted molar refractivity (Wildman–Crippen MR) is 76.0 cm³/mol. The minimum atomic E-state index is -0.778. The predicted octanol–water partition coefficient (Wildman–Crippen LogP) is 1.44. The van der Waals surface area contributed by atoms with Crippen molar-refractivity contribution in [1.82, 2.24) is 4.90 Å². The standard InChI is InChI=1S/C15H27NO4/c1-5-20-14(19)12(15(2,3)4)13(18)16-8-6-7-11(9-16)10-17/h11-12,17H,5-10H2,1-4H3. The van der Waals surface area contributed by atoms with Gasteiger partial charge >= 0.3 is 5.97 Å². The van der Waals surface area contributed by atoms with E-state index < -0.39 is 17.3 Å². The molecule has 5 nitrogen and oxygen atoms in total. The summed E-state index contributed by atoms with van der Waals surface area (Å²) in [5.41, 5.74) is -0.477. The maximum atomic E-state index is 12.7. The summed E-state index contributed by atoms with van der Waals surface area (Å²) >= 11 is 0. The van der Waals surface area contributed by atoms with E-state index in [-0.39, 0.29) is 25.0 Å². The summed E-state index contributed by atoms with van der Waals surface area (Å²) in [6, 6.07) is 0. The fourth-order valence-electron chi connectivity index (χ4n) is 2.65. The van der Waals surface area contributed by atoms with Crippen LogP contribution in [0.2, 0.25) is 0 Å². The van der Waals surface area contributed by atoms with Crippen LogP contribution in [0, 0.1) is 17.3 Å². The van der Waals surface area contributed by atoms with Crippen LogP contribution in [0.25, 0.3) is 0 Å². The normalized spacial score (nSPS) is 21.4. The lowest BCUT2D eigenvalue weighted by atomic mass is 9.79. The fourth-order valence-corrected chi connectivity index (χ4v) is 2.65. The lowest BCUT2D eigenvalue weighted by Gasteiger charge is -2.37. The molecule has 5 heteroatoms. The number of hydrogen-bond acceptors (Lipinski definition) is 4. The topological polar surface area (TPSA) is 66.8 Å². The Morgan fingerprint density at radius 1 is 1.40 bits per heavy atom. The molecule has 20 heavy (non-hydrogen) atoms. The number of hydrogen-bond donors (Lipinski definition) is 1. The maximum absolute atomic E-state index is 12.7. The zero-order chi connectivity index (χ0) is 15.3. The number of esters is 1. The molecular weight excluding hydrogens is 258 g/mol. The number of ether oxygens (including phenoxy) is 1. The van der Waals surface area contributed by atoms with Gasteiger partial charge in [-0.15, -0.1) is 0 Å². The highest BCUT2D eigenvalue weighted by Gasteiger charge is 2.42. The molecule has 0 spiro atoms. The molecule has 1 saturated heterocycles. The molecule has 1 heterocycles. The summed E-state index contributed by atoms with van der Waals surface area (Å²) in [5, 5.41) is 9.25. The van der Waals surface area contributed by atoms with Gasteiger partial charge in [0.25, 0.3) is 0 Å². The van der Waals surface area contributed by atoms with Gasteiger partial charge in [0.1, 0.15) is 5.92 Å². The molecule has 1 fully saturated rings. The molecule has 1 aliphatic rings. The summed E-state index contributed by atoms with van der Waals surface area (Å²) in [7, 11) is 0. The van der Waals surface area contributed by atoms with Gasteiger partial charge in [-0.25, -0.2) is 0 Å².